The van der Waals surface area contributed by atoms with E-state index in [0.29, 0.717) is 35.7 Å². The number of ether oxygens (including phenoxy) is 1. The molecule has 0 unspecified atom stereocenters. The third-order valence-electron chi connectivity index (χ3n) is 3.77. The van der Waals surface area contributed by atoms with Gasteiger partial charge in [0.15, 0.2) is 0 Å². The Morgan fingerprint density at radius 3 is 2.84 bits per heavy atom. The summed E-state index contributed by atoms with van der Waals surface area (Å²) in [5, 5.41) is 8.19. The van der Waals surface area contributed by atoms with Gasteiger partial charge in [0.1, 0.15) is 11.4 Å². The van der Waals surface area contributed by atoms with Crippen molar-refractivity contribution in [2.45, 2.75) is 25.3 Å². The maximum Gasteiger partial charge on any atom is 0.275 e. The number of nitrogens with zero attached hydrogens (tertiary/aromatic N) is 1. The first-order valence-corrected chi connectivity index (χ1v) is 8.93. The van der Waals surface area contributed by atoms with Crippen LogP contribution in [-0.2, 0) is 6.42 Å². The number of thiazole rings is 1. The summed E-state index contributed by atoms with van der Waals surface area (Å²) in [5.41, 5.74) is 6.62. The number of benzene rings is 1. The average Bonchev–Trinajstić information content (AvgIpc) is 3.30. The molecule has 1 heterocycles. The van der Waals surface area contributed by atoms with Crippen molar-refractivity contribution in [1.82, 2.24) is 10.3 Å². The van der Waals surface area contributed by atoms with Crippen molar-refractivity contribution in [3.05, 3.63) is 39.8 Å². The fourth-order valence-corrected chi connectivity index (χ4v) is 3.07. The van der Waals surface area contributed by atoms with Gasteiger partial charge in [0.05, 0.1) is 23.4 Å². The first kappa shape index (κ1) is 17.4. The van der Waals surface area contributed by atoms with Gasteiger partial charge < -0.3 is 21.1 Å². The van der Waals surface area contributed by atoms with Crippen LogP contribution in [0.25, 0.3) is 0 Å². The van der Waals surface area contributed by atoms with Crippen LogP contribution < -0.4 is 21.1 Å². The summed E-state index contributed by atoms with van der Waals surface area (Å²) in [7, 11) is 1.53. The van der Waals surface area contributed by atoms with Crippen LogP contribution in [0.15, 0.2) is 23.6 Å². The second-order valence-electron chi connectivity index (χ2n) is 5.78. The van der Waals surface area contributed by atoms with Gasteiger partial charge in [0.2, 0.25) is 0 Å². The predicted molar refractivity (Wildman–Crippen MR) is 96.3 cm³/mol. The van der Waals surface area contributed by atoms with E-state index < -0.39 is 0 Å². The molecule has 1 aliphatic carbocycles. The van der Waals surface area contributed by atoms with Crippen LogP contribution >= 0.6 is 11.3 Å². The largest absolute Gasteiger partial charge is 0.497 e. The van der Waals surface area contributed by atoms with Crippen LogP contribution in [-0.4, -0.2) is 36.5 Å². The minimum atomic E-state index is -0.356. The highest BCUT2D eigenvalue weighted by atomic mass is 32.1. The lowest BCUT2D eigenvalue weighted by Gasteiger charge is -2.12. The Kier molecular flexibility index (Phi) is 5.30. The second kappa shape index (κ2) is 7.62. The Labute approximate surface area is 149 Å². The van der Waals surface area contributed by atoms with E-state index in [-0.39, 0.29) is 17.9 Å². The summed E-state index contributed by atoms with van der Waals surface area (Å²) in [6.07, 6.45) is 2.61. The molecule has 4 N–H and O–H groups in total. The Bertz CT molecular complexity index is 786. The smallest absolute Gasteiger partial charge is 0.275 e. The molecular weight excluding hydrogens is 340 g/mol. The van der Waals surface area contributed by atoms with Gasteiger partial charge in [-0.2, -0.15) is 0 Å². The number of rotatable bonds is 7. The average molecular weight is 360 g/mol. The van der Waals surface area contributed by atoms with Crippen molar-refractivity contribution in [3.8, 4) is 5.75 Å². The molecule has 25 heavy (non-hydrogen) atoms. The van der Waals surface area contributed by atoms with Crippen molar-refractivity contribution in [3.63, 3.8) is 0 Å². The van der Waals surface area contributed by atoms with Crippen LogP contribution in [0.1, 0.15) is 38.7 Å². The number of carbonyl (C=O) groups is 2. The Hall–Kier alpha value is -2.45. The third kappa shape index (κ3) is 4.34. The third-order valence-corrected chi connectivity index (χ3v) is 4.68. The summed E-state index contributed by atoms with van der Waals surface area (Å²) >= 11 is 1.40. The van der Waals surface area contributed by atoms with E-state index in [1.165, 1.54) is 18.4 Å². The molecule has 2 aromatic rings. The van der Waals surface area contributed by atoms with E-state index in [4.69, 9.17) is 10.5 Å². The molecule has 0 bridgehead atoms. The summed E-state index contributed by atoms with van der Waals surface area (Å²) < 4.78 is 5.19. The zero-order valence-electron chi connectivity index (χ0n) is 13.9. The standard InChI is InChI=1S/C17H20N4O3S/c1-24-11-4-5-13(12(8-11)16(22)19-10-2-3-10)21-17(23)14-9-25-15(20-14)6-7-18/h4-5,8-10H,2-3,6-7,18H2,1H3,(H,19,22)(H,21,23). The van der Waals surface area contributed by atoms with Gasteiger partial charge in [0.25, 0.3) is 11.8 Å². The number of amides is 2. The molecule has 7 nitrogen and oxygen atoms in total. The monoisotopic (exact) mass is 360 g/mol. The zero-order chi connectivity index (χ0) is 17.8. The van der Waals surface area contributed by atoms with Gasteiger partial charge in [-0.3, -0.25) is 9.59 Å². The molecule has 0 spiro atoms. The zero-order valence-corrected chi connectivity index (χ0v) is 14.7. The normalized spacial score (nSPS) is 13.4. The van der Waals surface area contributed by atoms with E-state index in [1.807, 2.05) is 0 Å². The van der Waals surface area contributed by atoms with Crippen molar-refractivity contribution < 1.29 is 14.3 Å². The first-order valence-electron chi connectivity index (χ1n) is 8.05. The molecule has 0 radical (unpaired) electrons. The molecule has 1 aromatic heterocycles. The van der Waals surface area contributed by atoms with E-state index in [1.54, 1.807) is 23.6 Å². The highest BCUT2D eigenvalue weighted by molar-refractivity contribution is 7.09. The highest BCUT2D eigenvalue weighted by Crippen LogP contribution is 2.25. The van der Waals surface area contributed by atoms with E-state index in [0.717, 1.165) is 17.8 Å². The van der Waals surface area contributed by atoms with Crippen LogP contribution in [0.4, 0.5) is 5.69 Å². The number of methoxy groups -OCH3 is 1. The molecule has 2 amide bonds. The number of hydrogen-bond acceptors (Lipinski definition) is 6. The molecule has 8 heteroatoms. The van der Waals surface area contributed by atoms with Gasteiger partial charge in [-0.1, -0.05) is 0 Å². The lowest BCUT2D eigenvalue weighted by Crippen LogP contribution is -2.27. The Morgan fingerprint density at radius 2 is 2.16 bits per heavy atom. The summed E-state index contributed by atoms with van der Waals surface area (Å²) in [5.74, 6) is -0.0261. The van der Waals surface area contributed by atoms with E-state index in [2.05, 4.69) is 15.6 Å². The topological polar surface area (TPSA) is 106 Å². The minimum absolute atomic E-state index is 0.222. The molecule has 132 valence electrons. The molecule has 0 atom stereocenters. The van der Waals surface area contributed by atoms with Crippen molar-refractivity contribution >= 4 is 28.8 Å². The summed E-state index contributed by atoms with van der Waals surface area (Å²) in [6.45, 7) is 0.485. The summed E-state index contributed by atoms with van der Waals surface area (Å²) in [4.78, 5) is 29.1. The Balaban J connectivity index is 1.79. The fraction of sp³-hybridized carbons (Fsp3) is 0.353. The number of anilines is 1. The molecule has 0 aliphatic heterocycles. The van der Waals surface area contributed by atoms with Gasteiger partial charge in [-0.05, 0) is 37.6 Å². The lowest BCUT2D eigenvalue weighted by molar-refractivity contribution is 0.0951. The molecule has 1 fully saturated rings. The first-order chi connectivity index (χ1) is 12.1. The van der Waals surface area contributed by atoms with Crippen molar-refractivity contribution in [2.75, 3.05) is 19.0 Å². The Morgan fingerprint density at radius 1 is 1.36 bits per heavy atom. The molecule has 0 saturated heterocycles. The van der Waals surface area contributed by atoms with Gasteiger partial charge in [-0.25, -0.2) is 4.98 Å². The number of hydrogen-bond donors (Lipinski definition) is 3. The quantitative estimate of drug-likeness (QED) is 0.698. The predicted octanol–water partition coefficient (Wildman–Crippen LogP) is 1.80. The number of carbonyl (C=O) groups excluding carboxylic acids is 2. The number of nitrogens with two attached hydrogens (primary N) is 1. The molecule has 1 aromatic carbocycles. The number of nitrogens with one attached hydrogen (secondary N) is 2. The van der Waals surface area contributed by atoms with Crippen LogP contribution in [0.2, 0.25) is 0 Å². The maximum atomic E-state index is 12.4. The fourth-order valence-electron chi connectivity index (χ4n) is 2.28. The minimum Gasteiger partial charge on any atom is -0.497 e. The molecule has 3 rings (SSSR count). The molecule has 1 saturated carbocycles. The van der Waals surface area contributed by atoms with Gasteiger partial charge in [-0.15, -0.1) is 11.3 Å². The second-order valence-corrected chi connectivity index (χ2v) is 6.72. The van der Waals surface area contributed by atoms with E-state index in [9.17, 15) is 9.59 Å². The number of aromatic nitrogens is 1. The van der Waals surface area contributed by atoms with Gasteiger partial charge in [0, 0.05) is 17.8 Å². The highest BCUT2D eigenvalue weighted by Gasteiger charge is 2.25. The van der Waals surface area contributed by atoms with Crippen LogP contribution in [0.5, 0.6) is 5.75 Å². The molecule has 1 aliphatic rings. The SMILES string of the molecule is COc1ccc(NC(=O)c2csc(CCN)n2)c(C(=O)NC2CC2)c1. The van der Waals surface area contributed by atoms with Crippen LogP contribution in [0.3, 0.4) is 0 Å². The summed E-state index contributed by atoms with van der Waals surface area (Å²) in [6, 6.07) is 5.20. The molecular formula is C17H20N4O3S. The maximum absolute atomic E-state index is 12.4. The van der Waals surface area contributed by atoms with Crippen LogP contribution in [0, 0.1) is 0 Å². The van der Waals surface area contributed by atoms with Crippen molar-refractivity contribution in [1.29, 1.82) is 0 Å². The lowest BCUT2D eigenvalue weighted by atomic mass is 10.1. The van der Waals surface area contributed by atoms with Gasteiger partial charge >= 0.3 is 0 Å². The van der Waals surface area contributed by atoms with E-state index >= 15 is 0 Å². The van der Waals surface area contributed by atoms with Crippen molar-refractivity contribution in [2.24, 2.45) is 5.73 Å².